The first-order valence-electron chi connectivity index (χ1n) is 13.8. The zero-order chi connectivity index (χ0) is 25.1. The molecule has 2 saturated carbocycles. The Kier molecular flexibility index (Phi) is 6.99. The molecule has 4 nitrogen and oxygen atoms in total. The number of rotatable bonds is 4. The number of allylic oxidation sites excluding steroid dienone is 1. The van der Waals surface area contributed by atoms with Crippen molar-refractivity contribution in [2.24, 2.45) is 22.7 Å². The largest absolute Gasteiger partial charge is 0.390 e. The summed E-state index contributed by atoms with van der Waals surface area (Å²) in [6, 6.07) is 0. The Hall–Kier alpha value is -0.680. The van der Waals surface area contributed by atoms with Gasteiger partial charge in [0.05, 0.1) is 35.6 Å². The maximum Gasteiger partial charge on any atom is 0.0895 e. The van der Waals surface area contributed by atoms with E-state index in [1.54, 1.807) is 0 Å². The third-order valence-electron chi connectivity index (χ3n) is 10.7. The lowest BCUT2D eigenvalue weighted by Gasteiger charge is -2.55. The van der Waals surface area contributed by atoms with Gasteiger partial charge in [-0.05, 0) is 121 Å². The molecule has 0 aromatic rings. The molecule has 8 atom stereocenters. The molecular formula is C30H50O4. The van der Waals surface area contributed by atoms with Gasteiger partial charge in [-0.1, -0.05) is 32.1 Å². The van der Waals surface area contributed by atoms with Crippen LogP contribution in [-0.4, -0.2) is 45.8 Å². The first kappa shape index (κ1) is 26.4. The van der Waals surface area contributed by atoms with Gasteiger partial charge in [0.2, 0.25) is 0 Å². The van der Waals surface area contributed by atoms with E-state index in [4.69, 9.17) is 9.47 Å². The molecule has 2 aliphatic carbocycles. The molecular weight excluding hydrogens is 424 g/mol. The van der Waals surface area contributed by atoms with Gasteiger partial charge in [0.1, 0.15) is 0 Å². The summed E-state index contributed by atoms with van der Waals surface area (Å²) < 4.78 is 13.0. The summed E-state index contributed by atoms with van der Waals surface area (Å²) in [5.74, 6) is 1.14. The summed E-state index contributed by atoms with van der Waals surface area (Å²) in [6.45, 7) is 19.9. The van der Waals surface area contributed by atoms with Crippen molar-refractivity contribution in [3.63, 3.8) is 0 Å². The van der Waals surface area contributed by atoms with E-state index in [9.17, 15) is 10.2 Å². The van der Waals surface area contributed by atoms with Gasteiger partial charge in [-0.25, -0.2) is 0 Å². The van der Waals surface area contributed by atoms with Crippen LogP contribution in [0.3, 0.4) is 0 Å². The first-order valence-corrected chi connectivity index (χ1v) is 13.8. The molecule has 3 fully saturated rings. The Morgan fingerprint density at radius 3 is 2.26 bits per heavy atom. The van der Waals surface area contributed by atoms with Gasteiger partial charge in [0, 0.05) is 0 Å². The van der Waals surface area contributed by atoms with Crippen molar-refractivity contribution < 1.29 is 19.7 Å². The fourth-order valence-electron chi connectivity index (χ4n) is 8.13. The third kappa shape index (κ3) is 4.46. The number of hydrogen-bond donors (Lipinski definition) is 2. The van der Waals surface area contributed by atoms with Gasteiger partial charge in [-0.3, -0.25) is 0 Å². The summed E-state index contributed by atoms with van der Waals surface area (Å²) in [5, 5.41) is 21.2. The molecule has 4 rings (SSSR count). The number of aliphatic hydroxyl groups is 2. The molecule has 4 heteroatoms. The highest BCUT2D eigenvalue weighted by Gasteiger charge is 2.61. The van der Waals surface area contributed by atoms with Crippen molar-refractivity contribution in [3.05, 3.63) is 23.8 Å². The number of aliphatic hydroxyl groups excluding tert-OH is 2. The van der Waals surface area contributed by atoms with Crippen LogP contribution in [-0.2, 0) is 9.47 Å². The van der Waals surface area contributed by atoms with Crippen molar-refractivity contribution in [2.75, 3.05) is 0 Å². The Labute approximate surface area is 208 Å². The van der Waals surface area contributed by atoms with Crippen LogP contribution < -0.4 is 0 Å². The summed E-state index contributed by atoms with van der Waals surface area (Å²) in [4.78, 5) is 0. The van der Waals surface area contributed by atoms with Crippen molar-refractivity contribution in [2.45, 2.75) is 142 Å². The second kappa shape index (κ2) is 9.01. The minimum absolute atomic E-state index is 0.0427. The Morgan fingerprint density at radius 2 is 1.56 bits per heavy atom. The SMILES string of the molecule is C=C(CC[C@H]1OC(C)(C)[C@H](O)CC=C1C)[C@@H]1CC[C@@H]2[C@@]3(C)CC[C@@H](O)C(C)(C)O[C@@H]3CC[C@]21C. The molecule has 2 aliphatic heterocycles. The summed E-state index contributed by atoms with van der Waals surface area (Å²) in [5.41, 5.74) is 1.97. The molecule has 0 aromatic carbocycles. The minimum atomic E-state index is -0.532. The molecule has 2 heterocycles. The van der Waals surface area contributed by atoms with Crippen molar-refractivity contribution in [1.82, 2.24) is 0 Å². The lowest BCUT2D eigenvalue weighted by atomic mass is 9.52. The van der Waals surface area contributed by atoms with E-state index >= 15 is 0 Å². The van der Waals surface area contributed by atoms with E-state index < -0.39 is 23.4 Å². The molecule has 0 amide bonds. The van der Waals surface area contributed by atoms with Gasteiger partial charge in [-0.15, -0.1) is 0 Å². The fraction of sp³-hybridized carbons (Fsp3) is 0.867. The van der Waals surface area contributed by atoms with Crippen molar-refractivity contribution >= 4 is 0 Å². The predicted molar refractivity (Wildman–Crippen MR) is 138 cm³/mol. The third-order valence-corrected chi connectivity index (χ3v) is 10.7. The second-order valence-electron chi connectivity index (χ2n) is 13.6. The molecule has 2 N–H and O–H groups in total. The van der Waals surface area contributed by atoms with Gasteiger partial charge in [0.25, 0.3) is 0 Å². The maximum atomic E-state index is 10.7. The molecule has 0 bridgehead atoms. The number of ether oxygens (including phenoxy) is 2. The average Bonchev–Trinajstić information content (AvgIpc) is 3.04. The lowest BCUT2D eigenvalue weighted by Crippen LogP contribution is -2.53. The quantitative estimate of drug-likeness (QED) is 0.466. The monoisotopic (exact) mass is 474 g/mol. The highest BCUT2D eigenvalue weighted by molar-refractivity contribution is 5.19. The molecule has 0 radical (unpaired) electrons. The van der Waals surface area contributed by atoms with Crippen LogP contribution in [0.15, 0.2) is 23.8 Å². The number of fused-ring (bicyclic) bond motifs is 3. The van der Waals surface area contributed by atoms with E-state index in [1.165, 1.54) is 30.4 Å². The summed E-state index contributed by atoms with van der Waals surface area (Å²) >= 11 is 0. The van der Waals surface area contributed by atoms with E-state index in [2.05, 4.69) is 47.3 Å². The minimum Gasteiger partial charge on any atom is -0.390 e. The van der Waals surface area contributed by atoms with E-state index in [-0.39, 0.29) is 23.0 Å². The van der Waals surface area contributed by atoms with Crippen molar-refractivity contribution in [1.29, 1.82) is 0 Å². The van der Waals surface area contributed by atoms with Crippen LogP contribution >= 0.6 is 0 Å². The van der Waals surface area contributed by atoms with Crippen LogP contribution in [0.5, 0.6) is 0 Å². The first-order chi connectivity index (χ1) is 15.7. The van der Waals surface area contributed by atoms with E-state index in [0.717, 1.165) is 32.1 Å². The predicted octanol–water partition coefficient (Wildman–Crippen LogP) is 6.35. The highest BCUT2D eigenvalue weighted by atomic mass is 16.5. The van der Waals surface area contributed by atoms with Crippen LogP contribution in [0.4, 0.5) is 0 Å². The van der Waals surface area contributed by atoms with E-state index in [0.29, 0.717) is 18.3 Å². The Balaban J connectivity index is 1.46. The van der Waals surface area contributed by atoms with Gasteiger partial charge >= 0.3 is 0 Å². The normalized spacial score (nSPS) is 46.0. The molecule has 0 spiro atoms. The van der Waals surface area contributed by atoms with Gasteiger partial charge in [0.15, 0.2) is 0 Å². The molecule has 0 aromatic heterocycles. The Bertz CT molecular complexity index is 813. The van der Waals surface area contributed by atoms with Crippen LogP contribution in [0, 0.1) is 22.7 Å². The molecule has 194 valence electrons. The Morgan fingerprint density at radius 1 is 0.912 bits per heavy atom. The van der Waals surface area contributed by atoms with Crippen LogP contribution in [0.25, 0.3) is 0 Å². The summed E-state index contributed by atoms with van der Waals surface area (Å²) in [7, 11) is 0. The number of hydrogen-bond acceptors (Lipinski definition) is 4. The molecule has 34 heavy (non-hydrogen) atoms. The second-order valence-corrected chi connectivity index (χ2v) is 13.6. The van der Waals surface area contributed by atoms with Gasteiger partial charge in [-0.2, -0.15) is 0 Å². The molecule has 1 saturated heterocycles. The summed E-state index contributed by atoms with van der Waals surface area (Å²) in [6.07, 6.45) is 10.7. The van der Waals surface area contributed by atoms with Crippen LogP contribution in [0.1, 0.15) is 106 Å². The topological polar surface area (TPSA) is 58.9 Å². The fourth-order valence-corrected chi connectivity index (χ4v) is 8.13. The molecule has 0 unspecified atom stereocenters. The van der Waals surface area contributed by atoms with Crippen molar-refractivity contribution in [3.8, 4) is 0 Å². The molecule has 4 aliphatic rings. The van der Waals surface area contributed by atoms with Gasteiger partial charge < -0.3 is 19.7 Å². The zero-order valence-corrected chi connectivity index (χ0v) is 22.8. The highest BCUT2D eigenvalue weighted by Crippen LogP contribution is 2.66. The van der Waals surface area contributed by atoms with E-state index in [1.807, 2.05) is 13.8 Å². The zero-order valence-electron chi connectivity index (χ0n) is 22.8. The maximum absolute atomic E-state index is 10.7. The lowest BCUT2D eigenvalue weighted by molar-refractivity contribution is -0.186. The van der Waals surface area contributed by atoms with Crippen LogP contribution in [0.2, 0.25) is 0 Å². The smallest absolute Gasteiger partial charge is 0.0895 e. The standard InChI is InChI=1S/C30H50O4/c1-19(9-12-22-20(2)10-14-24(31)27(3,4)33-22)21-11-13-23-29(21,7)18-16-26-30(23,8)17-15-25(32)28(5,6)34-26/h10,21-26,31-32H,1,9,11-18H2,2-8H3/t21-,22+,23-,24+,25+,26+,29-,30+/m0/s1. The average molecular weight is 475 g/mol.